The van der Waals surface area contributed by atoms with E-state index >= 15 is 0 Å². The Morgan fingerprint density at radius 1 is 1.33 bits per heavy atom. The summed E-state index contributed by atoms with van der Waals surface area (Å²) in [4.78, 5) is 41.1. The molecule has 0 radical (unpaired) electrons. The van der Waals surface area contributed by atoms with Gasteiger partial charge in [-0.1, -0.05) is 13.0 Å². The molecule has 1 saturated heterocycles. The molecule has 126 valence electrons. The summed E-state index contributed by atoms with van der Waals surface area (Å²) in [5, 5.41) is 6.01. The van der Waals surface area contributed by atoms with Gasteiger partial charge in [0.05, 0.1) is 10.9 Å². The predicted molar refractivity (Wildman–Crippen MR) is 90.9 cm³/mol. The van der Waals surface area contributed by atoms with Crippen LogP contribution in [0.15, 0.2) is 23.0 Å². The summed E-state index contributed by atoms with van der Waals surface area (Å²) in [7, 11) is 0. The number of fused-ring (bicyclic) bond motifs is 1. The lowest BCUT2D eigenvalue weighted by molar-refractivity contribution is -0.135. The van der Waals surface area contributed by atoms with Crippen LogP contribution in [-0.4, -0.2) is 27.9 Å². The van der Waals surface area contributed by atoms with Crippen LogP contribution in [0.1, 0.15) is 38.1 Å². The third-order valence-corrected chi connectivity index (χ3v) is 4.19. The minimum absolute atomic E-state index is 0.218. The minimum Gasteiger partial charge on any atom is -0.384 e. The van der Waals surface area contributed by atoms with E-state index in [2.05, 4.69) is 15.6 Å². The first-order valence-electron chi connectivity index (χ1n) is 8.12. The number of hydrogen-bond donors (Lipinski definition) is 2. The van der Waals surface area contributed by atoms with Gasteiger partial charge in [-0.2, -0.15) is 0 Å². The fourth-order valence-electron chi connectivity index (χ4n) is 3.06. The molecule has 2 amide bonds. The Morgan fingerprint density at radius 2 is 2.12 bits per heavy atom. The molecule has 1 aromatic heterocycles. The first kappa shape index (κ1) is 16.2. The molecule has 7 heteroatoms. The van der Waals surface area contributed by atoms with E-state index in [0.717, 1.165) is 13.0 Å². The van der Waals surface area contributed by atoms with Crippen LogP contribution in [-0.2, 0) is 9.59 Å². The topological polar surface area (TPSA) is 93.1 Å². The molecule has 1 atom stereocenters. The van der Waals surface area contributed by atoms with E-state index in [9.17, 15) is 14.4 Å². The number of anilines is 1. The van der Waals surface area contributed by atoms with Gasteiger partial charge in [0.25, 0.3) is 5.56 Å². The fraction of sp³-hybridized carbons (Fsp3) is 0.412. The minimum atomic E-state index is -0.702. The van der Waals surface area contributed by atoms with Gasteiger partial charge in [0.1, 0.15) is 11.9 Å². The molecule has 0 saturated carbocycles. The van der Waals surface area contributed by atoms with Crippen molar-refractivity contribution in [2.24, 2.45) is 0 Å². The Balaban J connectivity index is 2.17. The summed E-state index contributed by atoms with van der Waals surface area (Å²) in [5.41, 5.74) is 1.06. The van der Waals surface area contributed by atoms with E-state index < -0.39 is 11.9 Å². The van der Waals surface area contributed by atoms with Crippen molar-refractivity contribution in [1.82, 2.24) is 14.9 Å². The average molecular weight is 328 g/mol. The Hall–Kier alpha value is -2.70. The SMILES string of the molecule is CCCNc1cccc2nc(C)n(C3CCC(=O)NC3=O)c(=O)c12. The van der Waals surface area contributed by atoms with E-state index in [1.807, 2.05) is 19.1 Å². The third-order valence-electron chi connectivity index (χ3n) is 4.19. The molecule has 0 spiro atoms. The van der Waals surface area contributed by atoms with E-state index in [4.69, 9.17) is 0 Å². The third kappa shape index (κ3) is 2.77. The average Bonchev–Trinajstić information content (AvgIpc) is 2.54. The van der Waals surface area contributed by atoms with E-state index in [1.165, 1.54) is 4.57 Å². The number of imide groups is 1. The van der Waals surface area contributed by atoms with Crippen molar-refractivity contribution in [3.8, 4) is 0 Å². The molecular formula is C17H20N4O3. The van der Waals surface area contributed by atoms with Crippen molar-refractivity contribution < 1.29 is 9.59 Å². The van der Waals surface area contributed by atoms with Gasteiger partial charge in [0.15, 0.2) is 0 Å². The highest BCUT2D eigenvalue weighted by Crippen LogP contribution is 2.23. The van der Waals surface area contributed by atoms with E-state index in [0.29, 0.717) is 28.8 Å². The quantitative estimate of drug-likeness (QED) is 0.830. The molecule has 2 N–H and O–H groups in total. The zero-order valence-corrected chi connectivity index (χ0v) is 13.8. The molecule has 1 unspecified atom stereocenters. The van der Waals surface area contributed by atoms with Crippen LogP contribution in [0.3, 0.4) is 0 Å². The zero-order valence-electron chi connectivity index (χ0n) is 13.8. The Kier molecular flexibility index (Phi) is 4.33. The maximum absolute atomic E-state index is 13.1. The predicted octanol–water partition coefficient (Wildman–Crippen LogP) is 1.50. The number of aromatic nitrogens is 2. The summed E-state index contributed by atoms with van der Waals surface area (Å²) in [5.74, 6) is -0.285. The van der Waals surface area contributed by atoms with Crippen LogP contribution in [0, 0.1) is 6.92 Å². The smallest absolute Gasteiger partial charge is 0.264 e. The molecule has 1 aliphatic heterocycles. The maximum Gasteiger partial charge on any atom is 0.264 e. The number of carbonyl (C=O) groups is 2. The molecule has 0 aliphatic carbocycles. The highest BCUT2D eigenvalue weighted by Gasteiger charge is 2.30. The Morgan fingerprint density at radius 3 is 2.83 bits per heavy atom. The Labute approximate surface area is 139 Å². The standard InChI is InChI=1S/C17H20N4O3/c1-3-9-18-11-5-4-6-12-15(11)17(24)21(10(2)19-12)13-7-8-14(22)20-16(13)23/h4-6,13,18H,3,7-9H2,1-2H3,(H,20,22,23). The number of benzene rings is 1. The van der Waals surface area contributed by atoms with Gasteiger partial charge >= 0.3 is 0 Å². The van der Waals surface area contributed by atoms with Crippen LogP contribution in [0.25, 0.3) is 10.9 Å². The second kappa shape index (κ2) is 6.43. The van der Waals surface area contributed by atoms with Crippen molar-refractivity contribution in [2.75, 3.05) is 11.9 Å². The van der Waals surface area contributed by atoms with Crippen LogP contribution in [0.4, 0.5) is 5.69 Å². The van der Waals surface area contributed by atoms with Crippen molar-refractivity contribution in [1.29, 1.82) is 0 Å². The number of nitrogens with one attached hydrogen (secondary N) is 2. The van der Waals surface area contributed by atoms with Crippen molar-refractivity contribution in [3.05, 3.63) is 34.4 Å². The number of hydrogen-bond acceptors (Lipinski definition) is 5. The summed E-state index contributed by atoms with van der Waals surface area (Å²) in [6.07, 6.45) is 1.45. The van der Waals surface area contributed by atoms with Crippen molar-refractivity contribution in [3.63, 3.8) is 0 Å². The van der Waals surface area contributed by atoms with Gasteiger partial charge in [0.2, 0.25) is 11.8 Å². The lowest BCUT2D eigenvalue weighted by Crippen LogP contribution is -2.45. The normalized spacial score (nSPS) is 17.8. The molecule has 2 heterocycles. The molecule has 1 fully saturated rings. The molecule has 1 aliphatic rings. The number of carbonyl (C=O) groups excluding carboxylic acids is 2. The Bertz CT molecular complexity index is 872. The number of aryl methyl sites for hydroxylation is 1. The highest BCUT2D eigenvalue weighted by atomic mass is 16.2. The lowest BCUT2D eigenvalue weighted by Gasteiger charge is -2.24. The number of rotatable bonds is 4. The number of nitrogens with zero attached hydrogens (tertiary/aromatic N) is 2. The summed E-state index contributed by atoms with van der Waals surface area (Å²) < 4.78 is 1.40. The highest BCUT2D eigenvalue weighted by molar-refractivity contribution is 5.99. The van der Waals surface area contributed by atoms with Crippen molar-refractivity contribution in [2.45, 2.75) is 39.2 Å². The van der Waals surface area contributed by atoms with E-state index in [-0.39, 0.29) is 17.9 Å². The zero-order chi connectivity index (χ0) is 17.3. The first-order chi connectivity index (χ1) is 11.5. The monoisotopic (exact) mass is 328 g/mol. The summed E-state index contributed by atoms with van der Waals surface area (Å²) in [6.45, 7) is 4.49. The fourth-order valence-corrected chi connectivity index (χ4v) is 3.06. The number of piperidine rings is 1. The van der Waals surface area contributed by atoms with Crippen LogP contribution >= 0.6 is 0 Å². The second-order valence-corrected chi connectivity index (χ2v) is 5.93. The van der Waals surface area contributed by atoms with Gasteiger partial charge in [-0.3, -0.25) is 24.3 Å². The van der Waals surface area contributed by atoms with Crippen LogP contribution in [0.5, 0.6) is 0 Å². The van der Waals surface area contributed by atoms with Crippen LogP contribution in [0.2, 0.25) is 0 Å². The summed E-state index contributed by atoms with van der Waals surface area (Å²) in [6, 6.07) is 4.77. The van der Waals surface area contributed by atoms with Gasteiger partial charge in [-0.25, -0.2) is 4.98 Å². The van der Waals surface area contributed by atoms with E-state index in [1.54, 1.807) is 13.0 Å². The van der Waals surface area contributed by atoms with Gasteiger partial charge in [-0.05, 0) is 31.9 Å². The van der Waals surface area contributed by atoms with Crippen LogP contribution < -0.4 is 16.2 Å². The number of amides is 2. The molecule has 7 nitrogen and oxygen atoms in total. The summed E-state index contributed by atoms with van der Waals surface area (Å²) >= 11 is 0. The maximum atomic E-state index is 13.1. The lowest BCUT2D eigenvalue weighted by atomic mass is 10.1. The van der Waals surface area contributed by atoms with Gasteiger partial charge < -0.3 is 5.32 Å². The van der Waals surface area contributed by atoms with Gasteiger partial charge in [0, 0.05) is 18.7 Å². The second-order valence-electron chi connectivity index (χ2n) is 5.93. The molecule has 0 bridgehead atoms. The largest absolute Gasteiger partial charge is 0.384 e. The molecule has 24 heavy (non-hydrogen) atoms. The van der Waals surface area contributed by atoms with Gasteiger partial charge in [-0.15, -0.1) is 0 Å². The first-order valence-corrected chi connectivity index (χ1v) is 8.12. The molecule has 2 aromatic rings. The molecule has 1 aromatic carbocycles. The molecule has 3 rings (SSSR count). The molecular weight excluding hydrogens is 308 g/mol. The van der Waals surface area contributed by atoms with Crippen molar-refractivity contribution >= 4 is 28.4 Å².